The number of nitrogens with zero attached hydrogens (tertiary/aromatic N) is 2. The summed E-state index contributed by atoms with van der Waals surface area (Å²) in [6.07, 6.45) is 4.34. The van der Waals surface area contributed by atoms with Gasteiger partial charge < -0.3 is 25.0 Å². The van der Waals surface area contributed by atoms with Crippen molar-refractivity contribution in [2.75, 3.05) is 38.7 Å². The number of aromatic nitrogens is 1. The molecule has 1 aromatic carbocycles. The molecule has 27 heavy (non-hydrogen) atoms. The average molecular weight is 370 g/mol. The average Bonchev–Trinajstić information content (AvgIpc) is 2.66. The SMILES string of the molecule is COc1cccc2c1OCCCN(C(=O)NCCNc1ccncc1C)C2. The van der Waals surface area contributed by atoms with E-state index < -0.39 is 0 Å². The van der Waals surface area contributed by atoms with Crippen molar-refractivity contribution in [2.45, 2.75) is 19.9 Å². The van der Waals surface area contributed by atoms with Crippen LogP contribution in [0.4, 0.5) is 10.5 Å². The van der Waals surface area contributed by atoms with Crippen LogP contribution in [0, 0.1) is 6.92 Å². The van der Waals surface area contributed by atoms with Gasteiger partial charge in [-0.15, -0.1) is 0 Å². The summed E-state index contributed by atoms with van der Waals surface area (Å²) < 4.78 is 11.2. The minimum absolute atomic E-state index is 0.0704. The van der Waals surface area contributed by atoms with Gasteiger partial charge >= 0.3 is 6.03 Å². The number of fused-ring (bicyclic) bond motifs is 1. The minimum atomic E-state index is -0.0704. The summed E-state index contributed by atoms with van der Waals surface area (Å²) in [6.45, 7) is 4.90. The third-order valence-electron chi connectivity index (χ3n) is 4.48. The zero-order valence-corrected chi connectivity index (χ0v) is 15.8. The van der Waals surface area contributed by atoms with Crippen LogP contribution in [0.25, 0.3) is 0 Å². The van der Waals surface area contributed by atoms with Gasteiger partial charge in [-0.25, -0.2) is 4.79 Å². The van der Waals surface area contributed by atoms with Gasteiger partial charge in [-0.3, -0.25) is 4.98 Å². The number of pyridine rings is 1. The van der Waals surface area contributed by atoms with Crippen molar-refractivity contribution >= 4 is 11.7 Å². The summed E-state index contributed by atoms with van der Waals surface area (Å²) >= 11 is 0. The highest BCUT2D eigenvalue weighted by Crippen LogP contribution is 2.33. The Kier molecular flexibility index (Phi) is 6.35. The first-order valence-corrected chi connectivity index (χ1v) is 9.15. The van der Waals surface area contributed by atoms with Crippen molar-refractivity contribution in [1.82, 2.24) is 15.2 Å². The fourth-order valence-electron chi connectivity index (χ4n) is 3.05. The lowest BCUT2D eigenvalue weighted by atomic mass is 10.1. The summed E-state index contributed by atoms with van der Waals surface area (Å²) in [7, 11) is 1.62. The third kappa shape index (κ3) is 4.81. The zero-order chi connectivity index (χ0) is 19.1. The smallest absolute Gasteiger partial charge is 0.317 e. The lowest BCUT2D eigenvalue weighted by Crippen LogP contribution is -2.42. The van der Waals surface area contributed by atoms with E-state index in [1.807, 2.05) is 42.3 Å². The summed E-state index contributed by atoms with van der Waals surface area (Å²) in [6, 6.07) is 7.62. The van der Waals surface area contributed by atoms with Crippen LogP contribution in [-0.4, -0.2) is 49.3 Å². The van der Waals surface area contributed by atoms with Crippen molar-refractivity contribution in [3.63, 3.8) is 0 Å². The maximum atomic E-state index is 12.6. The van der Waals surface area contributed by atoms with E-state index >= 15 is 0 Å². The Bertz CT molecular complexity index is 782. The van der Waals surface area contributed by atoms with E-state index in [1.165, 1.54) is 0 Å². The van der Waals surface area contributed by atoms with Gasteiger partial charge in [-0.2, -0.15) is 0 Å². The molecule has 7 heteroatoms. The van der Waals surface area contributed by atoms with E-state index in [2.05, 4.69) is 15.6 Å². The molecule has 0 fully saturated rings. The second kappa shape index (κ2) is 9.12. The molecule has 0 aliphatic carbocycles. The first kappa shape index (κ1) is 18.8. The highest BCUT2D eigenvalue weighted by Gasteiger charge is 2.20. The number of carbonyl (C=O) groups excluding carboxylic acids is 1. The number of nitrogens with one attached hydrogen (secondary N) is 2. The van der Waals surface area contributed by atoms with Gasteiger partial charge in [0, 0.05) is 43.3 Å². The fourth-order valence-corrected chi connectivity index (χ4v) is 3.05. The molecule has 0 radical (unpaired) electrons. The van der Waals surface area contributed by atoms with Crippen molar-refractivity contribution < 1.29 is 14.3 Å². The molecule has 3 rings (SSSR count). The Balaban J connectivity index is 1.55. The molecule has 1 aliphatic heterocycles. The molecule has 2 amide bonds. The Morgan fingerprint density at radius 2 is 2.22 bits per heavy atom. The standard InChI is InChI=1S/C20H26N4O3/c1-15-13-21-8-7-17(15)22-9-10-23-20(25)24-11-4-12-27-19-16(14-24)5-3-6-18(19)26-2/h3,5-8,13H,4,9-12,14H2,1-2H3,(H,21,22)(H,23,25). The van der Waals surface area contributed by atoms with Crippen LogP contribution in [0.3, 0.4) is 0 Å². The number of hydrogen-bond acceptors (Lipinski definition) is 5. The van der Waals surface area contributed by atoms with Gasteiger partial charge in [0.25, 0.3) is 0 Å². The molecule has 0 spiro atoms. The number of urea groups is 1. The van der Waals surface area contributed by atoms with E-state index in [0.717, 1.165) is 29.0 Å². The number of ether oxygens (including phenoxy) is 2. The number of amides is 2. The molecule has 2 heterocycles. The van der Waals surface area contributed by atoms with E-state index in [0.29, 0.717) is 38.5 Å². The molecule has 1 aromatic heterocycles. The molecular formula is C20H26N4O3. The van der Waals surface area contributed by atoms with Gasteiger partial charge in [0.15, 0.2) is 11.5 Å². The monoisotopic (exact) mass is 370 g/mol. The number of hydrogen-bond donors (Lipinski definition) is 2. The Hall–Kier alpha value is -2.96. The lowest BCUT2D eigenvalue weighted by molar-refractivity contribution is 0.180. The molecular weight excluding hydrogens is 344 g/mol. The number of benzene rings is 1. The van der Waals surface area contributed by atoms with E-state index in [4.69, 9.17) is 9.47 Å². The predicted molar refractivity (Wildman–Crippen MR) is 104 cm³/mol. The van der Waals surface area contributed by atoms with Gasteiger partial charge in [0.1, 0.15) is 0 Å². The molecule has 2 N–H and O–H groups in total. The minimum Gasteiger partial charge on any atom is -0.493 e. The van der Waals surface area contributed by atoms with Crippen molar-refractivity contribution in [3.05, 3.63) is 47.8 Å². The first-order chi connectivity index (χ1) is 13.2. The van der Waals surface area contributed by atoms with Crippen LogP contribution < -0.4 is 20.1 Å². The largest absolute Gasteiger partial charge is 0.493 e. The second-order valence-corrected chi connectivity index (χ2v) is 6.42. The molecule has 1 aliphatic rings. The Labute approximate surface area is 159 Å². The number of para-hydroxylation sites is 1. The maximum Gasteiger partial charge on any atom is 0.317 e. The predicted octanol–water partition coefficient (Wildman–Crippen LogP) is 2.80. The molecule has 0 saturated carbocycles. The molecule has 0 saturated heterocycles. The van der Waals surface area contributed by atoms with Crippen molar-refractivity contribution in [1.29, 1.82) is 0 Å². The van der Waals surface area contributed by atoms with Crippen LogP contribution in [0.2, 0.25) is 0 Å². The maximum absolute atomic E-state index is 12.6. The van der Waals surface area contributed by atoms with Crippen LogP contribution in [-0.2, 0) is 6.54 Å². The van der Waals surface area contributed by atoms with E-state index in [-0.39, 0.29) is 6.03 Å². The number of carbonyl (C=O) groups is 1. The van der Waals surface area contributed by atoms with Crippen LogP contribution in [0.15, 0.2) is 36.7 Å². The third-order valence-corrected chi connectivity index (χ3v) is 4.48. The molecule has 0 atom stereocenters. The van der Waals surface area contributed by atoms with Gasteiger partial charge in [0.2, 0.25) is 0 Å². The molecule has 144 valence electrons. The summed E-state index contributed by atoms with van der Waals surface area (Å²) in [5.74, 6) is 1.43. The van der Waals surface area contributed by atoms with E-state index in [9.17, 15) is 4.79 Å². The van der Waals surface area contributed by atoms with Crippen LogP contribution >= 0.6 is 0 Å². The van der Waals surface area contributed by atoms with Crippen LogP contribution in [0.1, 0.15) is 17.5 Å². The topological polar surface area (TPSA) is 75.7 Å². The van der Waals surface area contributed by atoms with Crippen molar-refractivity contribution in [3.8, 4) is 11.5 Å². The number of rotatable bonds is 5. The molecule has 2 aromatic rings. The summed E-state index contributed by atoms with van der Waals surface area (Å²) in [4.78, 5) is 18.5. The lowest BCUT2D eigenvalue weighted by Gasteiger charge is -2.27. The molecule has 0 bridgehead atoms. The van der Waals surface area contributed by atoms with Crippen molar-refractivity contribution in [2.24, 2.45) is 0 Å². The number of anilines is 1. The van der Waals surface area contributed by atoms with Crippen LogP contribution in [0.5, 0.6) is 11.5 Å². The Morgan fingerprint density at radius 3 is 3.04 bits per heavy atom. The number of aryl methyl sites for hydroxylation is 1. The fraction of sp³-hybridized carbons (Fsp3) is 0.400. The summed E-state index contributed by atoms with van der Waals surface area (Å²) in [5.41, 5.74) is 3.07. The van der Waals surface area contributed by atoms with Gasteiger partial charge in [0.05, 0.1) is 20.3 Å². The summed E-state index contributed by atoms with van der Waals surface area (Å²) in [5, 5.41) is 6.30. The first-order valence-electron chi connectivity index (χ1n) is 9.15. The molecule has 7 nitrogen and oxygen atoms in total. The van der Waals surface area contributed by atoms with E-state index in [1.54, 1.807) is 13.3 Å². The number of methoxy groups -OCH3 is 1. The normalized spacial score (nSPS) is 13.6. The Morgan fingerprint density at radius 1 is 1.33 bits per heavy atom. The highest BCUT2D eigenvalue weighted by molar-refractivity contribution is 5.74. The van der Waals surface area contributed by atoms with Gasteiger partial charge in [-0.1, -0.05) is 12.1 Å². The molecule has 0 unspecified atom stereocenters. The van der Waals surface area contributed by atoms with Gasteiger partial charge in [-0.05, 0) is 31.0 Å². The quantitative estimate of drug-likeness (QED) is 0.792. The zero-order valence-electron chi connectivity index (χ0n) is 15.8. The highest BCUT2D eigenvalue weighted by atomic mass is 16.5. The second-order valence-electron chi connectivity index (χ2n) is 6.42.